The number of benzene rings is 2. The third kappa shape index (κ3) is 7.35. The van der Waals surface area contributed by atoms with E-state index in [4.69, 9.17) is 4.74 Å². The summed E-state index contributed by atoms with van der Waals surface area (Å²) in [5.41, 5.74) is 3.43. The van der Waals surface area contributed by atoms with Gasteiger partial charge in [-0.1, -0.05) is 36.4 Å². The largest absolute Gasteiger partial charge is 0.445 e. The van der Waals surface area contributed by atoms with Crippen molar-refractivity contribution in [2.45, 2.75) is 38.3 Å². The number of carbonyl (C=O) groups excluding carboxylic acids is 2. The van der Waals surface area contributed by atoms with Crippen molar-refractivity contribution in [2.75, 3.05) is 12.3 Å². The second-order valence-electron chi connectivity index (χ2n) is 6.31. The molecule has 1 atom stereocenters. The maximum Gasteiger partial charge on any atom is 0.408 e. The molecule has 0 aliphatic carbocycles. The number of ether oxygens (including phenoxy) is 1. The Kier molecular flexibility index (Phi) is 8.20. The van der Waals surface area contributed by atoms with Crippen molar-refractivity contribution < 1.29 is 14.3 Å². The van der Waals surface area contributed by atoms with E-state index in [1.54, 1.807) is 18.7 Å². The van der Waals surface area contributed by atoms with Gasteiger partial charge in [-0.2, -0.15) is 0 Å². The summed E-state index contributed by atoms with van der Waals surface area (Å²) in [5.74, 6) is 0.534. The molecule has 2 aromatic rings. The van der Waals surface area contributed by atoms with Gasteiger partial charge in [0.2, 0.25) is 5.91 Å². The van der Waals surface area contributed by atoms with Crippen LogP contribution in [0.3, 0.4) is 0 Å². The van der Waals surface area contributed by atoms with Crippen molar-refractivity contribution in [3.8, 4) is 0 Å². The summed E-state index contributed by atoms with van der Waals surface area (Å²) in [6.45, 7) is 6.51. The van der Waals surface area contributed by atoms with Crippen molar-refractivity contribution in [1.82, 2.24) is 10.6 Å². The molecule has 0 aliphatic rings. The molecule has 2 rings (SSSR count). The summed E-state index contributed by atoms with van der Waals surface area (Å²) >= 11 is 1.69. The average Bonchev–Trinajstić information content (AvgIpc) is 2.67. The monoisotopic (exact) mass is 386 g/mol. The molecule has 0 heterocycles. The zero-order valence-electron chi connectivity index (χ0n) is 16.0. The van der Waals surface area contributed by atoms with E-state index in [2.05, 4.69) is 42.7 Å². The van der Waals surface area contributed by atoms with E-state index < -0.39 is 12.1 Å². The number of hydrogen-bond donors (Lipinski definition) is 2. The number of carbonyl (C=O) groups is 2. The molecule has 0 aliphatic heterocycles. The van der Waals surface area contributed by atoms with E-state index in [1.165, 1.54) is 16.0 Å². The zero-order chi connectivity index (χ0) is 19.6. The summed E-state index contributed by atoms with van der Waals surface area (Å²) in [6.07, 6.45) is -0.606. The number of rotatable bonds is 8. The van der Waals surface area contributed by atoms with Crippen LogP contribution in [0.1, 0.15) is 23.6 Å². The third-order valence-electron chi connectivity index (χ3n) is 4.09. The molecule has 0 radical (unpaired) electrons. The number of thioether (sulfide) groups is 1. The molecule has 6 heteroatoms. The lowest BCUT2D eigenvalue weighted by Crippen LogP contribution is -2.45. The summed E-state index contributed by atoms with van der Waals surface area (Å²) in [7, 11) is 0. The number of nitrogens with one attached hydrogen (secondary N) is 2. The zero-order valence-corrected chi connectivity index (χ0v) is 16.8. The summed E-state index contributed by atoms with van der Waals surface area (Å²) in [4.78, 5) is 25.0. The van der Waals surface area contributed by atoms with E-state index in [0.717, 1.165) is 11.3 Å². The van der Waals surface area contributed by atoms with Crippen molar-refractivity contribution in [2.24, 2.45) is 0 Å². The summed E-state index contributed by atoms with van der Waals surface area (Å²) < 4.78 is 5.12. The van der Waals surface area contributed by atoms with Gasteiger partial charge in [-0.3, -0.25) is 4.79 Å². The van der Waals surface area contributed by atoms with Gasteiger partial charge < -0.3 is 15.4 Å². The van der Waals surface area contributed by atoms with Crippen LogP contribution in [0.5, 0.6) is 0 Å². The molecule has 0 saturated heterocycles. The lowest BCUT2D eigenvalue weighted by Gasteiger charge is -2.14. The Labute approximate surface area is 164 Å². The molecule has 0 bridgehead atoms. The Balaban J connectivity index is 1.64. The highest BCUT2D eigenvalue weighted by atomic mass is 32.2. The van der Waals surface area contributed by atoms with Gasteiger partial charge in [0.1, 0.15) is 12.6 Å². The van der Waals surface area contributed by atoms with Crippen LogP contribution in [0.4, 0.5) is 4.79 Å². The number of hydrogen-bond acceptors (Lipinski definition) is 4. The fourth-order valence-corrected chi connectivity index (χ4v) is 3.17. The number of amides is 2. The van der Waals surface area contributed by atoms with E-state index in [-0.39, 0.29) is 12.5 Å². The lowest BCUT2D eigenvalue weighted by atomic mass is 10.1. The van der Waals surface area contributed by atoms with Gasteiger partial charge >= 0.3 is 6.09 Å². The highest BCUT2D eigenvalue weighted by Crippen LogP contribution is 2.20. The van der Waals surface area contributed by atoms with Gasteiger partial charge in [0, 0.05) is 17.2 Å². The molecule has 5 nitrogen and oxygen atoms in total. The topological polar surface area (TPSA) is 67.4 Å². The normalized spacial score (nSPS) is 11.5. The second-order valence-corrected chi connectivity index (χ2v) is 7.48. The van der Waals surface area contributed by atoms with E-state index >= 15 is 0 Å². The first-order chi connectivity index (χ1) is 13.0. The molecule has 2 amide bonds. The van der Waals surface area contributed by atoms with Crippen LogP contribution in [0.2, 0.25) is 0 Å². The van der Waals surface area contributed by atoms with Crippen LogP contribution in [-0.2, 0) is 16.1 Å². The second kappa shape index (κ2) is 10.6. The van der Waals surface area contributed by atoms with Crippen molar-refractivity contribution in [1.29, 1.82) is 0 Å². The Morgan fingerprint density at radius 2 is 1.81 bits per heavy atom. The molecule has 144 valence electrons. The Bertz CT molecular complexity index is 765. The molecular weight excluding hydrogens is 360 g/mol. The smallest absolute Gasteiger partial charge is 0.408 e. The quantitative estimate of drug-likeness (QED) is 0.534. The van der Waals surface area contributed by atoms with Gasteiger partial charge in [-0.25, -0.2) is 4.79 Å². The highest BCUT2D eigenvalue weighted by Gasteiger charge is 2.15. The number of alkyl carbamates (subject to hydrolysis) is 1. The molecular formula is C21H26N2O3S. The van der Waals surface area contributed by atoms with Crippen molar-refractivity contribution >= 4 is 23.8 Å². The fraction of sp³-hybridized carbons (Fsp3) is 0.333. The molecule has 0 spiro atoms. The van der Waals surface area contributed by atoms with E-state index in [9.17, 15) is 9.59 Å². The van der Waals surface area contributed by atoms with E-state index in [0.29, 0.717) is 6.54 Å². The average molecular weight is 387 g/mol. The Morgan fingerprint density at radius 1 is 1.07 bits per heavy atom. The maximum atomic E-state index is 12.1. The molecule has 0 saturated carbocycles. The van der Waals surface area contributed by atoms with Crippen LogP contribution in [-0.4, -0.2) is 30.3 Å². The van der Waals surface area contributed by atoms with Crippen molar-refractivity contribution in [3.63, 3.8) is 0 Å². The summed E-state index contributed by atoms with van der Waals surface area (Å²) in [6, 6.07) is 15.1. The first-order valence-electron chi connectivity index (χ1n) is 8.90. The van der Waals surface area contributed by atoms with Gasteiger partial charge in [-0.05, 0) is 49.6 Å². The van der Waals surface area contributed by atoms with Crippen LogP contribution < -0.4 is 10.6 Å². The SMILES string of the molecule is Cc1ccc(SCCNC(=O)C(C)NC(=O)OCc2ccccc2)cc1C. The minimum Gasteiger partial charge on any atom is -0.445 e. The van der Waals surface area contributed by atoms with Gasteiger partial charge in [0.05, 0.1) is 0 Å². The third-order valence-corrected chi connectivity index (χ3v) is 5.08. The van der Waals surface area contributed by atoms with Gasteiger partial charge in [0.25, 0.3) is 0 Å². The molecule has 27 heavy (non-hydrogen) atoms. The fourth-order valence-electron chi connectivity index (χ4n) is 2.31. The molecule has 0 fully saturated rings. The lowest BCUT2D eigenvalue weighted by molar-refractivity contribution is -0.122. The predicted molar refractivity (Wildman–Crippen MR) is 109 cm³/mol. The van der Waals surface area contributed by atoms with Crippen LogP contribution >= 0.6 is 11.8 Å². The highest BCUT2D eigenvalue weighted by molar-refractivity contribution is 7.99. The van der Waals surface area contributed by atoms with Crippen LogP contribution in [0.15, 0.2) is 53.4 Å². The standard InChI is InChI=1S/C21H26N2O3S/c1-15-9-10-19(13-16(15)2)27-12-11-22-20(24)17(3)23-21(25)26-14-18-7-5-4-6-8-18/h4-10,13,17H,11-12,14H2,1-3H3,(H,22,24)(H,23,25). The molecule has 2 aromatic carbocycles. The predicted octanol–water partition coefficient (Wildman–Crippen LogP) is 3.83. The summed E-state index contributed by atoms with van der Waals surface area (Å²) in [5, 5.41) is 5.37. The Morgan fingerprint density at radius 3 is 2.52 bits per heavy atom. The van der Waals surface area contributed by atoms with Crippen LogP contribution in [0, 0.1) is 13.8 Å². The molecule has 1 unspecified atom stereocenters. The van der Waals surface area contributed by atoms with E-state index in [1.807, 2.05) is 30.3 Å². The van der Waals surface area contributed by atoms with Gasteiger partial charge in [-0.15, -0.1) is 11.8 Å². The first-order valence-corrected chi connectivity index (χ1v) is 9.89. The van der Waals surface area contributed by atoms with Crippen LogP contribution in [0.25, 0.3) is 0 Å². The van der Waals surface area contributed by atoms with Gasteiger partial charge in [0.15, 0.2) is 0 Å². The first kappa shape index (κ1) is 20.8. The minimum atomic E-state index is -0.653. The molecule has 0 aromatic heterocycles. The molecule has 2 N–H and O–H groups in total. The number of aryl methyl sites for hydroxylation is 2. The maximum absolute atomic E-state index is 12.1. The van der Waals surface area contributed by atoms with Crippen molar-refractivity contribution in [3.05, 3.63) is 65.2 Å². The Hall–Kier alpha value is -2.47. The minimum absolute atomic E-state index is 0.174.